The Labute approximate surface area is 112 Å². The molecule has 2 rings (SSSR count). The molecule has 104 valence electrons. The number of nitrogens with zero attached hydrogens (tertiary/aromatic N) is 1. The van der Waals surface area contributed by atoms with Crippen molar-refractivity contribution in [3.8, 4) is 5.75 Å². The van der Waals surface area contributed by atoms with Crippen LogP contribution in [0.3, 0.4) is 0 Å². The van der Waals surface area contributed by atoms with Crippen LogP contribution in [0.15, 0.2) is 18.2 Å². The predicted molar refractivity (Wildman–Crippen MR) is 70.4 cm³/mol. The second-order valence-corrected chi connectivity index (χ2v) is 5.08. The Hall–Kier alpha value is -1.62. The van der Waals surface area contributed by atoms with Crippen molar-refractivity contribution in [3.63, 3.8) is 0 Å². The first kappa shape index (κ1) is 13.8. The first-order chi connectivity index (χ1) is 9.00. The maximum absolute atomic E-state index is 13.2. The molecule has 0 spiro atoms. The molecule has 19 heavy (non-hydrogen) atoms. The van der Waals surface area contributed by atoms with Gasteiger partial charge in [0, 0.05) is 18.6 Å². The van der Waals surface area contributed by atoms with Crippen LogP contribution in [-0.4, -0.2) is 34.5 Å². The van der Waals surface area contributed by atoms with Crippen LogP contribution in [0.1, 0.15) is 36.5 Å². The molecule has 0 saturated carbocycles. The minimum Gasteiger partial charge on any atom is -0.507 e. The Morgan fingerprint density at radius 1 is 1.53 bits per heavy atom. The lowest BCUT2D eigenvalue weighted by Crippen LogP contribution is -2.51. The molecule has 2 atom stereocenters. The maximum Gasteiger partial charge on any atom is 0.258 e. The summed E-state index contributed by atoms with van der Waals surface area (Å²) in [5, 5.41) is 9.72. The summed E-state index contributed by atoms with van der Waals surface area (Å²) in [5.74, 6) is -1.07. The zero-order valence-electron chi connectivity index (χ0n) is 11.0. The summed E-state index contributed by atoms with van der Waals surface area (Å²) in [5.41, 5.74) is 5.92. The number of phenolic OH excluding ortho intramolecular Hbond substituents is 1. The number of rotatable bonds is 2. The fourth-order valence-corrected chi connectivity index (χ4v) is 2.59. The molecule has 1 fully saturated rings. The number of phenols is 1. The van der Waals surface area contributed by atoms with Crippen molar-refractivity contribution in [1.29, 1.82) is 0 Å². The SMILES string of the molecule is CC(N)C1CCCCN1C(=O)c1cc(F)ccc1O. The predicted octanol–water partition coefficient (Wildman–Crippen LogP) is 1.87. The molecular formula is C14H19FN2O2. The largest absolute Gasteiger partial charge is 0.507 e. The molecule has 0 radical (unpaired) electrons. The molecule has 0 aliphatic carbocycles. The Balaban J connectivity index is 2.28. The monoisotopic (exact) mass is 266 g/mol. The third-order valence-corrected chi connectivity index (χ3v) is 3.61. The number of nitrogens with two attached hydrogens (primary N) is 1. The van der Waals surface area contributed by atoms with Crippen LogP contribution in [-0.2, 0) is 0 Å². The smallest absolute Gasteiger partial charge is 0.258 e. The van der Waals surface area contributed by atoms with Gasteiger partial charge in [0.15, 0.2) is 0 Å². The van der Waals surface area contributed by atoms with Crippen molar-refractivity contribution >= 4 is 5.91 Å². The topological polar surface area (TPSA) is 66.6 Å². The van der Waals surface area contributed by atoms with Gasteiger partial charge in [0.1, 0.15) is 11.6 Å². The highest BCUT2D eigenvalue weighted by atomic mass is 19.1. The van der Waals surface area contributed by atoms with Gasteiger partial charge < -0.3 is 15.7 Å². The fraction of sp³-hybridized carbons (Fsp3) is 0.500. The van der Waals surface area contributed by atoms with Crippen LogP contribution < -0.4 is 5.73 Å². The molecule has 1 aromatic carbocycles. The van der Waals surface area contributed by atoms with Gasteiger partial charge in [-0.15, -0.1) is 0 Å². The molecule has 0 bridgehead atoms. The molecule has 5 heteroatoms. The molecule has 2 unspecified atom stereocenters. The van der Waals surface area contributed by atoms with Gasteiger partial charge in [0.25, 0.3) is 5.91 Å². The number of halogens is 1. The highest BCUT2D eigenvalue weighted by Crippen LogP contribution is 2.25. The Morgan fingerprint density at radius 3 is 2.95 bits per heavy atom. The molecule has 1 saturated heterocycles. The maximum atomic E-state index is 13.2. The molecule has 1 aromatic rings. The number of aromatic hydroxyl groups is 1. The molecular weight excluding hydrogens is 247 g/mol. The van der Waals surface area contributed by atoms with Gasteiger partial charge in [0.2, 0.25) is 0 Å². The average Bonchev–Trinajstić information content (AvgIpc) is 2.40. The van der Waals surface area contributed by atoms with Crippen molar-refractivity contribution in [2.45, 2.75) is 38.3 Å². The standard InChI is InChI=1S/C14H19FN2O2/c1-9(16)12-4-2-3-7-17(12)14(19)11-8-10(15)5-6-13(11)18/h5-6,8-9,12,18H,2-4,7,16H2,1H3. The van der Waals surface area contributed by atoms with Gasteiger partial charge in [-0.3, -0.25) is 4.79 Å². The number of hydrogen-bond acceptors (Lipinski definition) is 3. The van der Waals surface area contributed by atoms with E-state index in [9.17, 15) is 14.3 Å². The van der Waals surface area contributed by atoms with Gasteiger partial charge >= 0.3 is 0 Å². The van der Waals surface area contributed by atoms with Crippen molar-refractivity contribution in [2.75, 3.05) is 6.54 Å². The number of piperidine rings is 1. The summed E-state index contributed by atoms with van der Waals surface area (Å²) in [4.78, 5) is 14.1. The van der Waals surface area contributed by atoms with E-state index in [1.807, 2.05) is 6.92 Å². The Kier molecular flexibility index (Phi) is 4.04. The zero-order chi connectivity index (χ0) is 14.0. The van der Waals surface area contributed by atoms with E-state index in [2.05, 4.69) is 0 Å². The first-order valence-corrected chi connectivity index (χ1v) is 6.56. The lowest BCUT2D eigenvalue weighted by Gasteiger charge is -2.38. The van der Waals surface area contributed by atoms with Crippen molar-refractivity contribution in [2.24, 2.45) is 5.73 Å². The molecule has 0 aromatic heterocycles. The van der Waals surface area contributed by atoms with Crippen LogP contribution >= 0.6 is 0 Å². The van der Waals surface area contributed by atoms with E-state index in [4.69, 9.17) is 5.73 Å². The quantitative estimate of drug-likeness (QED) is 0.858. The average molecular weight is 266 g/mol. The van der Waals surface area contributed by atoms with Gasteiger partial charge in [-0.2, -0.15) is 0 Å². The van der Waals surface area contributed by atoms with Crippen LogP contribution in [0.2, 0.25) is 0 Å². The third-order valence-electron chi connectivity index (χ3n) is 3.61. The third kappa shape index (κ3) is 2.87. The fourth-order valence-electron chi connectivity index (χ4n) is 2.59. The molecule has 1 amide bonds. The summed E-state index contributed by atoms with van der Waals surface area (Å²) in [7, 11) is 0. The van der Waals surface area contributed by atoms with Crippen LogP contribution in [0.4, 0.5) is 4.39 Å². The van der Waals surface area contributed by atoms with Crippen LogP contribution in [0.5, 0.6) is 5.75 Å². The number of likely N-dealkylation sites (tertiary alicyclic amines) is 1. The molecule has 1 aliphatic rings. The van der Waals surface area contributed by atoms with Gasteiger partial charge in [-0.05, 0) is 44.4 Å². The van der Waals surface area contributed by atoms with Crippen molar-refractivity contribution in [3.05, 3.63) is 29.6 Å². The van der Waals surface area contributed by atoms with E-state index in [0.29, 0.717) is 6.54 Å². The lowest BCUT2D eigenvalue weighted by molar-refractivity contribution is 0.0580. The highest BCUT2D eigenvalue weighted by Gasteiger charge is 2.31. The normalized spacial score (nSPS) is 21.2. The minimum atomic E-state index is -0.532. The van der Waals surface area contributed by atoms with Crippen molar-refractivity contribution < 1.29 is 14.3 Å². The number of amides is 1. The number of hydrogen-bond donors (Lipinski definition) is 2. The summed E-state index contributed by atoms with van der Waals surface area (Å²) in [6.07, 6.45) is 2.79. The zero-order valence-corrected chi connectivity index (χ0v) is 11.0. The molecule has 1 aliphatic heterocycles. The Bertz CT molecular complexity index is 477. The first-order valence-electron chi connectivity index (χ1n) is 6.56. The second kappa shape index (κ2) is 5.57. The van der Waals surface area contributed by atoms with E-state index < -0.39 is 5.82 Å². The molecule has 4 nitrogen and oxygen atoms in total. The van der Waals surface area contributed by atoms with Crippen molar-refractivity contribution in [1.82, 2.24) is 4.90 Å². The highest BCUT2D eigenvalue weighted by molar-refractivity contribution is 5.97. The van der Waals surface area contributed by atoms with E-state index in [1.165, 1.54) is 6.07 Å². The number of carbonyl (C=O) groups excluding carboxylic acids is 1. The van der Waals surface area contributed by atoms with Gasteiger partial charge in [0.05, 0.1) is 5.56 Å². The second-order valence-electron chi connectivity index (χ2n) is 5.08. The summed E-state index contributed by atoms with van der Waals surface area (Å²) in [6, 6.07) is 3.22. The molecule has 1 heterocycles. The summed E-state index contributed by atoms with van der Waals surface area (Å²) >= 11 is 0. The van der Waals surface area contributed by atoms with E-state index in [-0.39, 0.29) is 29.3 Å². The molecule has 3 N–H and O–H groups in total. The number of benzene rings is 1. The lowest BCUT2D eigenvalue weighted by atomic mass is 9.96. The van der Waals surface area contributed by atoms with Crippen LogP contribution in [0.25, 0.3) is 0 Å². The van der Waals surface area contributed by atoms with Gasteiger partial charge in [-0.25, -0.2) is 4.39 Å². The minimum absolute atomic E-state index is 0.00699. The van der Waals surface area contributed by atoms with E-state index in [1.54, 1.807) is 4.90 Å². The van der Waals surface area contributed by atoms with E-state index in [0.717, 1.165) is 31.4 Å². The van der Waals surface area contributed by atoms with Gasteiger partial charge in [-0.1, -0.05) is 0 Å². The van der Waals surface area contributed by atoms with E-state index >= 15 is 0 Å². The Morgan fingerprint density at radius 2 is 2.26 bits per heavy atom. The number of carbonyl (C=O) groups is 1. The van der Waals surface area contributed by atoms with Crippen LogP contribution in [0, 0.1) is 5.82 Å². The summed E-state index contributed by atoms with van der Waals surface area (Å²) in [6.45, 7) is 2.46. The summed E-state index contributed by atoms with van der Waals surface area (Å²) < 4.78 is 13.2.